The molecule has 0 radical (unpaired) electrons. The van der Waals surface area contributed by atoms with Crippen molar-refractivity contribution >= 4 is 23.5 Å². The minimum atomic E-state index is -0.502. The van der Waals surface area contributed by atoms with Gasteiger partial charge in [-0.1, -0.05) is 0 Å². The molecule has 1 N–H and O–H groups in total. The topological polar surface area (TPSA) is 55.4 Å². The lowest BCUT2D eigenvalue weighted by Crippen LogP contribution is -2.41. The molecule has 0 bridgehead atoms. The zero-order valence-electron chi connectivity index (χ0n) is 10.4. The van der Waals surface area contributed by atoms with Crippen LogP contribution in [-0.2, 0) is 14.3 Å². The molecule has 0 saturated heterocycles. The zero-order valence-corrected chi connectivity index (χ0v) is 11.1. The number of hydrogen-bond donors (Lipinski definition) is 1. The molecule has 1 aliphatic carbocycles. The molecule has 17 heavy (non-hydrogen) atoms. The molecule has 5 heteroatoms. The van der Waals surface area contributed by atoms with E-state index in [4.69, 9.17) is 16.3 Å². The number of carbonyl (C=O) groups is 2. The second kappa shape index (κ2) is 6.84. The molecule has 1 amide bonds. The van der Waals surface area contributed by atoms with E-state index in [2.05, 4.69) is 5.32 Å². The fraction of sp³-hybridized carbons (Fsp3) is 0.833. The van der Waals surface area contributed by atoms with E-state index < -0.39 is 5.38 Å². The Bertz CT molecular complexity index is 273. The lowest BCUT2D eigenvalue weighted by atomic mass is 9.86. The molecule has 1 unspecified atom stereocenters. The van der Waals surface area contributed by atoms with Crippen molar-refractivity contribution in [2.75, 3.05) is 6.61 Å². The van der Waals surface area contributed by atoms with Crippen LogP contribution in [0.3, 0.4) is 0 Å². The molecule has 0 aromatic rings. The summed E-state index contributed by atoms with van der Waals surface area (Å²) in [6, 6.07) is 0.148. The van der Waals surface area contributed by atoms with Crippen molar-refractivity contribution in [3.8, 4) is 0 Å². The lowest BCUT2D eigenvalue weighted by Gasteiger charge is -2.28. The van der Waals surface area contributed by atoms with Crippen LogP contribution in [0.2, 0.25) is 0 Å². The molecule has 4 nitrogen and oxygen atoms in total. The monoisotopic (exact) mass is 261 g/mol. The van der Waals surface area contributed by atoms with Gasteiger partial charge in [0.05, 0.1) is 12.5 Å². The van der Waals surface area contributed by atoms with E-state index in [1.54, 1.807) is 6.92 Å². The normalized spacial score (nSPS) is 26.1. The van der Waals surface area contributed by atoms with Crippen LogP contribution in [-0.4, -0.2) is 29.9 Å². The Kier molecular flexibility index (Phi) is 5.75. The minimum absolute atomic E-state index is 0.00322. The van der Waals surface area contributed by atoms with Gasteiger partial charge in [0.1, 0.15) is 5.38 Å². The minimum Gasteiger partial charge on any atom is -0.466 e. The Hall–Kier alpha value is -0.770. The molecule has 0 aromatic heterocycles. The first kappa shape index (κ1) is 14.3. The van der Waals surface area contributed by atoms with E-state index in [0.717, 1.165) is 25.7 Å². The van der Waals surface area contributed by atoms with Crippen LogP contribution < -0.4 is 5.32 Å². The Labute approximate surface area is 107 Å². The molecule has 0 spiro atoms. The Morgan fingerprint density at radius 3 is 2.41 bits per heavy atom. The quantitative estimate of drug-likeness (QED) is 0.621. The number of esters is 1. The molecule has 1 atom stereocenters. The van der Waals surface area contributed by atoms with E-state index >= 15 is 0 Å². The van der Waals surface area contributed by atoms with E-state index in [1.165, 1.54) is 0 Å². The Balaban J connectivity index is 2.31. The Morgan fingerprint density at radius 2 is 1.94 bits per heavy atom. The van der Waals surface area contributed by atoms with E-state index in [0.29, 0.717) is 6.61 Å². The van der Waals surface area contributed by atoms with Crippen molar-refractivity contribution in [3.05, 3.63) is 0 Å². The fourth-order valence-corrected chi connectivity index (χ4v) is 2.11. The first-order valence-electron chi connectivity index (χ1n) is 6.15. The van der Waals surface area contributed by atoms with Crippen molar-refractivity contribution in [2.45, 2.75) is 50.9 Å². The SMILES string of the molecule is CCOC(=O)C1CCC(NC(=O)C(C)Cl)CC1. The van der Waals surface area contributed by atoms with Crippen LogP contribution in [0.15, 0.2) is 0 Å². The third-order valence-corrected chi connectivity index (χ3v) is 3.25. The van der Waals surface area contributed by atoms with Gasteiger partial charge in [-0.2, -0.15) is 0 Å². The van der Waals surface area contributed by atoms with Crippen molar-refractivity contribution < 1.29 is 14.3 Å². The van der Waals surface area contributed by atoms with Crippen LogP contribution in [0.5, 0.6) is 0 Å². The van der Waals surface area contributed by atoms with Crippen LogP contribution in [0.25, 0.3) is 0 Å². The average molecular weight is 262 g/mol. The van der Waals surface area contributed by atoms with Gasteiger partial charge < -0.3 is 10.1 Å². The molecule has 1 aliphatic rings. The van der Waals surface area contributed by atoms with Gasteiger partial charge in [0, 0.05) is 6.04 Å². The highest BCUT2D eigenvalue weighted by molar-refractivity contribution is 6.30. The van der Waals surface area contributed by atoms with Crippen molar-refractivity contribution in [1.82, 2.24) is 5.32 Å². The number of ether oxygens (including phenoxy) is 1. The Morgan fingerprint density at radius 1 is 1.35 bits per heavy atom. The predicted molar refractivity (Wildman–Crippen MR) is 65.8 cm³/mol. The van der Waals surface area contributed by atoms with Gasteiger partial charge >= 0.3 is 5.97 Å². The van der Waals surface area contributed by atoms with Crippen LogP contribution >= 0.6 is 11.6 Å². The summed E-state index contributed by atoms with van der Waals surface area (Å²) in [5.41, 5.74) is 0. The number of rotatable bonds is 4. The fourth-order valence-electron chi connectivity index (χ4n) is 2.05. The summed E-state index contributed by atoms with van der Waals surface area (Å²) < 4.78 is 4.99. The highest BCUT2D eigenvalue weighted by Gasteiger charge is 2.28. The third kappa shape index (κ3) is 4.54. The summed E-state index contributed by atoms with van der Waals surface area (Å²) >= 11 is 5.68. The summed E-state index contributed by atoms with van der Waals surface area (Å²) in [5, 5.41) is 2.38. The largest absolute Gasteiger partial charge is 0.466 e. The number of amides is 1. The summed E-state index contributed by atoms with van der Waals surface area (Å²) in [6.07, 6.45) is 3.19. The van der Waals surface area contributed by atoms with Crippen molar-refractivity contribution in [1.29, 1.82) is 0 Å². The molecule has 0 heterocycles. The molecular formula is C12H20ClNO3. The molecular weight excluding hydrogens is 242 g/mol. The molecule has 0 aromatic carbocycles. The summed E-state index contributed by atoms with van der Waals surface area (Å²) in [6.45, 7) is 3.89. The van der Waals surface area contributed by atoms with Crippen molar-refractivity contribution in [3.63, 3.8) is 0 Å². The lowest BCUT2D eigenvalue weighted by molar-refractivity contribution is -0.149. The van der Waals surface area contributed by atoms with Gasteiger partial charge in [-0.3, -0.25) is 9.59 Å². The van der Waals surface area contributed by atoms with E-state index in [9.17, 15) is 9.59 Å². The second-order valence-corrected chi connectivity index (χ2v) is 5.08. The molecule has 0 aliphatic heterocycles. The maximum absolute atomic E-state index is 11.5. The highest BCUT2D eigenvalue weighted by atomic mass is 35.5. The maximum Gasteiger partial charge on any atom is 0.308 e. The highest BCUT2D eigenvalue weighted by Crippen LogP contribution is 2.25. The number of halogens is 1. The molecule has 1 rings (SSSR count). The van der Waals surface area contributed by atoms with Crippen LogP contribution in [0.4, 0.5) is 0 Å². The number of nitrogens with one attached hydrogen (secondary N) is 1. The third-order valence-electron chi connectivity index (χ3n) is 3.05. The van der Waals surface area contributed by atoms with Crippen molar-refractivity contribution in [2.24, 2.45) is 5.92 Å². The smallest absolute Gasteiger partial charge is 0.308 e. The van der Waals surface area contributed by atoms with Crippen LogP contribution in [0, 0.1) is 5.92 Å². The predicted octanol–water partition coefficient (Wildman–Crippen LogP) is 1.85. The second-order valence-electron chi connectivity index (χ2n) is 4.43. The summed E-state index contributed by atoms with van der Waals surface area (Å²) in [7, 11) is 0. The number of carbonyl (C=O) groups excluding carboxylic acids is 2. The number of alkyl halides is 1. The van der Waals surface area contributed by atoms with Gasteiger partial charge in [0.25, 0.3) is 0 Å². The molecule has 1 saturated carbocycles. The van der Waals surface area contributed by atoms with Gasteiger partial charge in [0.2, 0.25) is 5.91 Å². The molecule has 1 fully saturated rings. The summed E-state index contributed by atoms with van der Waals surface area (Å²) in [4.78, 5) is 22.9. The zero-order chi connectivity index (χ0) is 12.8. The summed E-state index contributed by atoms with van der Waals surface area (Å²) in [5.74, 6) is -0.245. The average Bonchev–Trinajstić information content (AvgIpc) is 2.30. The van der Waals surface area contributed by atoms with Gasteiger partial charge in [0.15, 0.2) is 0 Å². The van der Waals surface area contributed by atoms with E-state index in [1.807, 2.05) is 6.92 Å². The van der Waals surface area contributed by atoms with Crippen LogP contribution in [0.1, 0.15) is 39.5 Å². The standard InChI is InChI=1S/C12H20ClNO3/c1-3-17-12(16)9-4-6-10(7-5-9)14-11(15)8(2)13/h8-10H,3-7H2,1-2H3,(H,14,15). The first-order valence-corrected chi connectivity index (χ1v) is 6.59. The number of hydrogen-bond acceptors (Lipinski definition) is 3. The molecule has 98 valence electrons. The van der Waals surface area contributed by atoms with Gasteiger partial charge in [-0.05, 0) is 39.5 Å². The van der Waals surface area contributed by atoms with Gasteiger partial charge in [-0.25, -0.2) is 0 Å². The van der Waals surface area contributed by atoms with Gasteiger partial charge in [-0.15, -0.1) is 11.6 Å². The maximum atomic E-state index is 11.5. The first-order chi connectivity index (χ1) is 8.04. The van der Waals surface area contributed by atoms with E-state index in [-0.39, 0.29) is 23.8 Å².